The molecule has 110 valence electrons. The number of nitrogens with zero attached hydrogens (tertiary/aromatic N) is 2. The molecule has 7 heteroatoms. The Morgan fingerprint density at radius 2 is 2.05 bits per heavy atom. The van der Waals surface area contributed by atoms with Crippen molar-refractivity contribution in [3.8, 4) is 0 Å². The molecule has 1 unspecified atom stereocenters. The van der Waals surface area contributed by atoms with Gasteiger partial charge in [0.2, 0.25) is 10.0 Å². The lowest BCUT2D eigenvalue weighted by Crippen LogP contribution is -2.34. The number of hydrogen-bond donors (Lipinski definition) is 1. The van der Waals surface area contributed by atoms with Gasteiger partial charge in [0.25, 0.3) is 0 Å². The number of anilines is 1. The predicted molar refractivity (Wildman–Crippen MR) is 76.3 cm³/mol. The maximum absolute atomic E-state index is 12.2. The summed E-state index contributed by atoms with van der Waals surface area (Å²) in [6.07, 6.45) is 2.31. The molecule has 2 rings (SSSR count). The van der Waals surface area contributed by atoms with Crippen LogP contribution in [0.5, 0.6) is 0 Å². The molecule has 0 saturated heterocycles. The smallest absolute Gasteiger partial charge is 0.229 e. The quantitative estimate of drug-likeness (QED) is 0.740. The van der Waals surface area contributed by atoms with Crippen LogP contribution in [0, 0.1) is 0 Å². The maximum atomic E-state index is 12.2. The van der Waals surface area contributed by atoms with Gasteiger partial charge in [0.05, 0.1) is 12.8 Å². The van der Waals surface area contributed by atoms with Crippen molar-refractivity contribution >= 4 is 21.9 Å². The summed E-state index contributed by atoms with van der Waals surface area (Å²) in [6, 6.07) is 6.58. The van der Waals surface area contributed by atoms with Crippen LogP contribution in [0.15, 0.2) is 24.3 Å². The summed E-state index contributed by atoms with van der Waals surface area (Å²) in [5, 5.41) is 12.2. The highest BCUT2D eigenvalue weighted by Gasteiger charge is 2.17. The first-order valence-electron chi connectivity index (χ1n) is 6.33. The van der Waals surface area contributed by atoms with Crippen LogP contribution in [0.1, 0.15) is 11.7 Å². The highest BCUT2D eigenvalue weighted by Crippen LogP contribution is 2.16. The van der Waals surface area contributed by atoms with Gasteiger partial charge in [0, 0.05) is 5.69 Å². The first kappa shape index (κ1) is 15.0. The van der Waals surface area contributed by atoms with E-state index in [-0.39, 0.29) is 0 Å². The number of benzene rings is 1. The van der Waals surface area contributed by atoms with Crippen LogP contribution >= 0.6 is 0 Å². The van der Waals surface area contributed by atoms with E-state index in [2.05, 4.69) is 9.62 Å². The lowest BCUT2D eigenvalue weighted by atomic mass is 10.1. The molecule has 0 aliphatic carbocycles. The van der Waals surface area contributed by atoms with Crippen LogP contribution < -0.4 is 9.83 Å². The minimum atomic E-state index is -3.28. The first-order valence-corrected chi connectivity index (χ1v) is 8.22. The maximum Gasteiger partial charge on any atom is 0.229 e. The number of nitrogens with one attached hydrogen (secondary N) is 1. The molecule has 1 aromatic rings. The van der Waals surface area contributed by atoms with E-state index in [9.17, 15) is 13.5 Å². The number of sulfonamides is 1. The third-order valence-electron chi connectivity index (χ3n) is 3.08. The average molecular weight is 297 g/mol. The zero-order chi connectivity index (χ0) is 14.8. The molecular weight excluding hydrogens is 278 g/mol. The summed E-state index contributed by atoms with van der Waals surface area (Å²) in [5.41, 5.74) is 1.14. The van der Waals surface area contributed by atoms with Crippen LogP contribution in [-0.4, -0.2) is 57.2 Å². The van der Waals surface area contributed by atoms with Gasteiger partial charge in [0.15, 0.2) is 12.9 Å². The summed E-state index contributed by atoms with van der Waals surface area (Å²) >= 11 is 0. The molecule has 1 aliphatic rings. The molecule has 0 amide bonds. The van der Waals surface area contributed by atoms with E-state index >= 15 is 0 Å². The third kappa shape index (κ3) is 4.29. The van der Waals surface area contributed by atoms with E-state index in [1.54, 1.807) is 24.3 Å². The molecule has 0 spiro atoms. The molecule has 0 aromatic heterocycles. The molecule has 1 atom stereocenters. The third-order valence-corrected chi connectivity index (χ3v) is 3.69. The fourth-order valence-corrected chi connectivity index (χ4v) is 2.70. The molecular formula is C13H19N3O3S. The van der Waals surface area contributed by atoms with Crippen molar-refractivity contribution in [3.63, 3.8) is 0 Å². The Labute approximate surface area is 119 Å². The van der Waals surface area contributed by atoms with Crippen molar-refractivity contribution in [1.29, 1.82) is 0 Å². The molecule has 0 radical (unpaired) electrons. The van der Waals surface area contributed by atoms with Crippen molar-refractivity contribution in [2.24, 2.45) is 0 Å². The van der Waals surface area contributed by atoms with Crippen LogP contribution in [0.3, 0.4) is 0 Å². The minimum absolute atomic E-state index is 0.444. The number of hydrogen-bond acceptors (Lipinski definition) is 4. The molecule has 1 heterocycles. The number of rotatable bonds is 5. The highest BCUT2D eigenvalue weighted by atomic mass is 32.2. The second-order valence-corrected chi connectivity index (χ2v) is 6.85. The topological polar surface area (TPSA) is 75.5 Å². The van der Waals surface area contributed by atoms with E-state index in [4.69, 9.17) is 0 Å². The molecule has 0 bridgehead atoms. The molecule has 20 heavy (non-hydrogen) atoms. The van der Waals surface area contributed by atoms with Gasteiger partial charge in [-0.3, -0.25) is 4.72 Å². The Bertz CT molecular complexity index is 596. The predicted octanol–water partition coefficient (Wildman–Crippen LogP) is -0.554. The van der Waals surface area contributed by atoms with E-state index in [0.29, 0.717) is 17.8 Å². The average Bonchev–Trinajstić information content (AvgIpc) is 2.73. The summed E-state index contributed by atoms with van der Waals surface area (Å²) < 4.78 is 26.6. The van der Waals surface area contributed by atoms with Crippen molar-refractivity contribution in [2.45, 2.75) is 6.10 Å². The Hall–Kier alpha value is -1.44. The van der Waals surface area contributed by atoms with Gasteiger partial charge in [-0.2, -0.15) is 0 Å². The first-order chi connectivity index (χ1) is 9.33. The van der Waals surface area contributed by atoms with Crippen LogP contribution in [0.25, 0.3) is 0 Å². The van der Waals surface area contributed by atoms with Crippen molar-refractivity contribution in [1.82, 2.24) is 4.90 Å². The van der Waals surface area contributed by atoms with Crippen LogP contribution in [0.4, 0.5) is 5.69 Å². The Kier molecular flexibility index (Phi) is 4.42. The summed E-state index contributed by atoms with van der Waals surface area (Å²) in [5.74, 6) is 0. The molecule has 1 aromatic carbocycles. The summed E-state index contributed by atoms with van der Waals surface area (Å²) in [4.78, 5) is 2.07. The summed E-state index contributed by atoms with van der Waals surface area (Å²) in [7, 11) is -1.30. The zero-order valence-electron chi connectivity index (χ0n) is 11.6. The van der Waals surface area contributed by atoms with Gasteiger partial charge in [0.1, 0.15) is 7.05 Å². The zero-order valence-corrected chi connectivity index (χ0v) is 12.4. The SMILES string of the molecule is C[N+]1=CCN(CC([O-])c2ccc(NS(C)(=O)=O)cc2)C1. The van der Waals surface area contributed by atoms with E-state index in [1.165, 1.54) is 0 Å². The highest BCUT2D eigenvalue weighted by molar-refractivity contribution is 7.92. The largest absolute Gasteiger partial charge is 0.848 e. The monoisotopic (exact) mass is 297 g/mol. The molecule has 1 N–H and O–H groups in total. The summed E-state index contributed by atoms with van der Waals surface area (Å²) in [6.45, 7) is 2.01. The van der Waals surface area contributed by atoms with Gasteiger partial charge in [-0.25, -0.2) is 17.9 Å². The normalized spacial score (nSPS) is 17.9. The Balaban J connectivity index is 1.95. The van der Waals surface area contributed by atoms with E-state index in [1.807, 2.05) is 17.8 Å². The van der Waals surface area contributed by atoms with E-state index in [0.717, 1.165) is 19.5 Å². The lowest BCUT2D eigenvalue weighted by Gasteiger charge is -2.26. The Morgan fingerprint density at radius 3 is 2.55 bits per heavy atom. The van der Waals surface area contributed by atoms with Gasteiger partial charge in [-0.15, -0.1) is 0 Å². The molecule has 1 aliphatic heterocycles. The van der Waals surface area contributed by atoms with Crippen molar-refractivity contribution in [2.75, 3.05) is 37.8 Å². The lowest BCUT2D eigenvalue weighted by molar-refractivity contribution is -0.506. The minimum Gasteiger partial charge on any atom is -0.848 e. The second-order valence-electron chi connectivity index (χ2n) is 5.10. The molecule has 0 saturated carbocycles. The standard InChI is InChI=1S/C13H19N3O3S/c1-15-7-8-16(10-15)9-13(17)11-3-5-12(6-4-11)14-20(2,18)19/h3-7,13-14H,8-10H2,1-2H3. The van der Waals surface area contributed by atoms with Gasteiger partial charge >= 0.3 is 0 Å². The van der Waals surface area contributed by atoms with Gasteiger partial charge in [-0.1, -0.05) is 23.8 Å². The van der Waals surface area contributed by atoms with Crippen molar-refractivity contribution in [3.05, 3.63) is 29.8 Å². The van der Waals surface area contributed by atoms with Crippen LogP contribution in [-0.2, 0) is 10.0 Å². The molecule has 6 nitrogen and oxygen atoms in total. The fraction of sp³-hybridized carbons (Fsp3) is 0.462. The fourth-order valence-electron chi connectivity index (χ4n) is 2.14. The Morgan fingerprint density at radius 1 is 1.40 bits per heavy atom. The molecule has 0 fully saturated rings. The van der Waals surface area contributed by atoms with Crippen LogP contribution in [0.2, 0.25) is 0 Å². The van der Waals surface area contributed by atoms with E-state index < -0.39 is 16.1 Å². The van der Waals surface area contributed by atoms with Gasteiger partial charge < -0.3 is 5.11 Å². The van der Waals surface area contributed by atoms with Crippen molar-refractivity contribution < 1.29 is 18.1 Å². The van der Waals surface area contributed by atoms with Gasteiger partial charge in [-0.05, 0) is 18.7 Å². The second kappa shape index (κ2) is 5.90.